The monoisotopic (exact) mass is 403 g/mol. The summed E-state index contributed by atoms with van der Waals surface area (Å²) in [6.07, 6.45) is 2.63. The lowest BCUT2D eigenvalue weighted by atomic mass is 9.72. The minimum absolute atomic E-state index is 0.0451. The Kier molecular flexibility index (Phi) is 5.89. The van der Waals surface area contributed by atoms with Crippen molar-refractivity contribution in [1.29, 1.82) is 0 Å². The Balaban J connectivity index is 1.96. The fourth-order valence-electron chi connectivity index (χ4n) is 3.65. The third-order valence-corrected chi connectivity index (χ3v) is 6.48. The standard InChI is InChI=1S/C22H26FNO3S/c1-5-27-21(26)18-15-11-10-13(22(2,3)4)12-17(15)28-20(18)24-19(25)14-8-6-7-9-16(14)23/h6-9,13H,5,10-12H2,1-4H3,(H,24,25)/t13-/m0/s1. The topological polar surface area (TPSA) is 55.4 Å². The van der Waals surface area contributed by atoms with Gasteiger partial charge >= 0.3 is 5.97 Å². The van der Waals surface area contributed by atoms with Gasteiger partial charge in [0.25, 0.3) is 5.91 Å². The molecule has 0 spiro atoms. The molecule has 0 fully saturated rings. The van der Waals surface area contributed by atoms with E-state index in [1.54, 1.807) is 13.0 Å². The van der Waals surface area contributed by atoms with Crippen LogP contribution in [0.3, 0.4) is 0 Å². The average Bonchev–Trinajstić information content (AvgIpc) is 2.98. The molecule has 6 heteroatoms. The maximum Gasteiger partial charge on any atom is 0.341 e. The van der Waals surface area contributed by atoms with Gasteiger partial charge in [-0.3, -0.25) is 4.79 Å². The van der Waals surface area contributed by atoms with Gasteiger partial charge in [-0.25, -0.2) is 9.18 Å². The molecule has 1 N–H and O–H groups in total. The van der Waals surface area contributed by atoms with Crippen molar-refractivity contribution in [2.24, 2.45) is 11.3 Å². The zero-order valence-electron chi connectivity index (χ0n) is 16.7. The quantitative estimate of drug-likeness (QED) is 0.689. The van der Waals surface area contributed by atoms with E-state index >= 15 is 0 Å². The van der Waals surface area contributed by atoms with Gasteiger partial charge < -0.3 is 10.1 Å². The van der Waals surface area contributed by atoms with E-state index in [1.165, 1.54) is 29.5 Å². The van der Waals surface area contributed by atoms with Crippen molar-refractivity contribution in [2.45, 2.75) is 47.0 Å². The van der Waals surface area contributed by atoms with Crippen LogP contribution in [0.4, 0.5) is 9.39 Å². The van der Waals surface area contributed by atoms with Crippen LogP contribution in [0, 0.1) is 17.2 Å². The lowest BCUT2D eigenvalue weighted by Gasteiger charge is -2.33. The Morgan fingerprint density at radius 2 is 2.00 bits per heavy atom. The van der Waals surface area contributed by atoms with E-state index in [2.05, 4.69) is 26.1 Å². The Bertz CT molecular complexity index is 898. The Morgan fingerprint density at radius 3 is 2.64 bits per heavy atom. The highest BCUT2D eigenvalue weighted by Gasteiger charge is 2.34. The number of esters is 1. The molecule has 1 aliphatic rings. The third kappa shape index (κ3) is 4.12. The first kappa shape index (κ1) is 20.5. The highest BCUT2D eigenvalue weighted by atomic mass is 32.1. The van der Waals surface area contributed by atoms with Crippen LogP contribution in [0.15, 0.2) is 24.3 Å². The van der Waals surface area contributed by atoms with Crippen molar-refractivity contribution < 1.29 is 18.7 Å². The second kappa shape index (κ2) is 8.03. The molecule has 0 saturated carbocycles. The third-order valence-electron chi connectivity index (χ3n) is 5.32. The molecule has 1 atom stereocenters. The summed E-state index contributed by atoms with van der Waals surface area (Å²) < 4.78 is 19.2. The molecule has 1 aliphatic carbocycles. The zero-order valence-corrected chi connectivity index (χ0v) is 17.5. The van der Waals surface area contributed by atoms with Crippen LogP contribution in [0.25, 0.3) is 0 Å². The number of hydrogen-bond donors (Lipinski definition) is 1. The van der Waals surface area contributed by atoms with E-state index in [4.69, 9.17) is 4.74 Å². The molecule has 0 unspecified atom stereocenters. The van der Waals surface area contributed by atoms with Gasteiger partial charge in [0.1, 0.15) is 10.8 Å². The molecule has 1 amide bonds. The van der Waals surface area contributed by atoms with Crippen molar-refractivity contribution in [2.75, 3.05) is 11.9 Å². The second-order valence-electron chi connectivity index (χ2n) is 8.17. The van der Waals surface area contributed by atoms with Crippen LogP contribution in [0.2, 0.25) is 0 Å². The summed E-state index contributed by atoms with van der Waals surface area (Å²) in [6, 6.07) is 5.82. The van der Waals surface area contributed by atoms with Gasteiger partial charge in [0.05, 0.1) is 17.7 Å². The molecule has 4 nitrogen and oxygen atoms in total. The molecular formula is C22H26FNO3S. The average molecular weight is 404 g/mol. The normalized spacial score (nSPS) is 16.4. The molecule has 0 radical (unpaired) electrons. The molecule has 28 heavy (non-hydrogen) atoms. The van der Waals surface area contributed by atoms with Crippen molar-refractivity contribution in [3.05, 3.63) is 51.7 Å². The molecule has 3 rings (SSSR count). The van der Waals surface area contributed by atoms with Crippen LogP contribution in [-0.2, 0) is 17.6 Å². The lowest BCUT2D eigenvalue weighted by molar-refractivity contribution is 0.0526. The summed E-state index contributed by atoms with van der Waals surface area (Å²) in [5, 5.41) is 3.21. The number of anilines is 1. The largest absolute Gasteiger partial charge is 0.462 e. The Labute approximate surface area is 169 Å². The van der Waals surface area contributed by atoms with Gasteiger partial charge in [0.15, 0.2) is 0 Å². The number of benzene rings is 1. The number of hydrogen-bond acceptors (Lipinski definition) is 4. The summed E-state index contributed by atoms with van der Waals surface area (Å²) in [6.45, 7) is 8.69. The predicted molar refractivity (Wildman–Crippen MR) is 110 cm³/mol. The summed E-state index contributed by atoms with van der Waals surface area (Å²) in [5.74, 6) is -1.08. The van der Waals surface area contributed by atoms with Crippen LogP contribution in [0.1, 0.15) is 65.3 Å². The minimum atomic E-state index is -0.591. The van der Waals surface area contributed by atoms with Crippen molar-refractivity contribution >= 4 is 28.2 Å². The number of fused-ring (bicyclic) bond motifs is 1. The SMILES string of the molecule is CCOC(=O)c1c(NC(=O)c2ccccc2F)sc2c1CC[C@H](C(C)(C)C)C2. The summed E-state index contributed by atoms with van der Waals surface area (Å²) in [4.78, 5) is 26.3. The predicted octanol–water partition coefficient (Wildman–Crippen LogP) is 5.47. The molecule has 1 aromatic carbocycles. The summed E-state index contributed by atoms with van der Waals surface area (Å²) >= 11 is 1.41. The molecule has 0 aliphatic heterocycles. The Hall–Kier alpha value is -2.21. The highest BCUT2D eigenvalue weighted by Crippen LogP contribution is 2.44. The second-order valence-corrected chi connectivity index (χ2v) is 9.27. The number of rotatable bonds is 4. The molecule has 150 valence electrons. The summed E-state index contributed by atoms with van der Waals surface area (Å²) in [5.41, 5.74) is 1.52. The smallest absolute Gasteiger partial charge is 0.341 e. The molecule has 2 aromatic rings. The lowest BCUT2D eigenvalue weighted by Crippen LogP contribution is -2.26. The minimum Gasteiger partial charge on any atom is -0.462 e. The maximum atomic E-state index is 14.0. The number of carbonyl (C=O) groups excluding carboxylic acids is 2. The van der Waals surface area contributed by atoms with E-state index < -0.39 is 17.7 Å². The number of nitrogens with one attached hydrogen (secondary N) is 1. The van der Waals surface area contributed by atoms with Crippen molar-refractivity contribution in [3.8, 4) is 0 Å². The van der Waals surface area contributed by atoms with Gasteiger partial charge in [0.2, 0.25) is 0 Å². The highest BCUT2D eigenvalue weighted by molar-refractivity contribution is 7.17. The Morgan fingerprint density at radius 1 is 1.29 bits per heavy atom. The first-order valence-electron chi connectivity index (χ1n) is 9.60. The van der Waals surface area contributed by atoms with E-state index in [0.717, 1.165) is 29.7 Å². The molecule has 1 aromatic heterocycles. The van der Waals surface area contributed by atoms with Crippen LogP contribution in [-0.4, -0.2) is 18.5 Å². The van der Waals surface area contributed by atoms with Crippen LogP contribution in [0.5, 0.6) is 0 Å². The van der Waals surface area contributed by atoms with E-state index in [0.29, 0.717) is 16.5 Å². The molecule has 0 saturated heterocycles. The number of carbonyl (C=O) groups is 2. The fourth-order valence-corrected chi connectivity index (χ4v) is 4.96. The number of amides is 1. The van der Waals surface area contributed by atoms with Gasteiger partial charge in [-0.1, -0.05) is 32.9 Å². The number of halogens is 1. The first-order chi connectivity index (χ1) is 13.2. The van der Waals surface area contributed by atoms with Crippen molar-refractivity contribution in [1.82, 2.24) is 0 Å². The van der Waals surface area contributed by atoms with Crippen molar-refractivity contribution in [3.63, 3.8) is 0 Å². The fraction of sp³-hybridized carbons (Fsp3) is 0.455. The zero-order chi connectivity index (χ0) is 20.5. The van der Waals surface area contributed by atoms with Gasteiger partial charge in [-0.2, -0.15) is 0 Å². The maximum absolute atomic E-state index is 14.0. The number of ether oxygens (including phenoxy) is 1. The first-order valence-corrected chi connectivity index (χ1v) is 10.4. The molecule has 0 bridgehead atoms. The number of thiophene rings is 1. The van der Waals surface area contributed by atoms with Gasteiger partial charge in [0, 0.05) is 4.88 Å². The van der Waals surface area contributed by atoms with E-state index in [9.17, 15) is 14.0 Å². The van der Waals surface area contributed by atoms with Crippen LogP contribution >= 0.6 is 11.3 Å². The van der Waals surface area contributed by atoms with E-state index in [1.807, 2.05) is 0 Å². The van der Waals surface area contributed by atoms with E-state index in [-0.39, 0.29) is 17.6 Å². The van der Waals surface area contributed by atoms with Gasteiger partial charge in [-0.15, -0.1) is 11.3 Å². The molecule has 1 heterocycles. The summed E-state index contributed by atoms with van der Waals surface area (Å²) in [7, 11) is 0. The molecular weight excluding hydrogens is 377 g/mol. The van der Waals surface area contributed by atoms with Crippen LogP contribution < -0.4 is 5.32 Å². The van der Waals surface area contributed by atoms with Gasteiger partial charge in [-0.05, 0) is 55.2 Å².